The first kappa shape index (κ1) is 10.7. The summed E-state index contributed by atoms with van der Waals surface area (Å²) < 4.78 is 9.78. The van der Waals surface area contributed by atoms with Gasteiger partial charge >= 0.3 is 0 Å². The molecule has 2 rings (SSSR count). The average molecular weight is 224 g/mol. The molecule has 0 spiro atoms. The molecule has 16 heavy (non-hydrogen) atoms. The zero-order valence-electron chi connectivity index (χ0n) is 8.56. The smallest absolute Gasteiger partial charge is 0.287 e. The summed E-state index contributed by atoms with van der Waals surface area (Å²) in [5.74, 6) is -0.432. The van der Waals surface area contributed by atoms with E-state index >= 15 is 0 Å². The summed E-state index contributed by atoms with van der Waals surface area (Å²) in [4.78, 5) is 22.7. The van der Waals surface area contributed by atoms with Crippen molar-refractivity contribution in [3.05, 3.63) is 24.2 Å². The Morgan fingerprint density at radius 2 is 2.25 bits per heavy atom. The van der Waals surface area contributed by atoms with Crippen molar-refractivity contribution in [2.75, 3.05) is 19.8 Å². The van der Waals surface area contributed by atoms with Gasteiger partial charge in [0.05, 0.1) is 32.1 Å². The average Bonchev–Trinajstić information content (AvgIpc) is 2.73. The number of carbonyl (C=O) groups is 2. The Morgan fingerprint density at radius 3 is 2.81 bits per heavy atom. The number of furan rings is 1. The van der Waals surface area contributed by atoms with Gasteiger partial charge in [-0.1, -0.05) is 0 Å². The lowest BCUT2D eigenvalue weighted by molar-refractivity contribution is -0.124. The molecule has 0 radical (unpaired) electrons. The van der Waals surface area contributed by atoms with Gasteiger partial charge in [0.1, 0.15) is 0 Å². The minimum absolute atomic E-state index is 0.0595. The normalized spacial score (nSPS) is 15.2. The Balaban J connectivity index is 1.70. The summed E-state index contributed by atoms with van der Waals surface area (Å²) >= 11 is 0. The molecule has 6 heteroatoms. The number of carbonyl (C=O) groups excluding carboxylic acids is 2. The van der Waals surface area contributed by atoms with Gasteiger partial charge in [0, 0.05) is 0 Å². The molecule has 86 valence electrons. The molecule has 1 aromatic rings. The van der Waals surface area contributed by atoms with Gasteiger partial charge in [0.2, 0.25) is 5.91 Å². The van der Waals surface area contributed by atoms with Crippen LogP contribution in [0.1, 0.15) is 10.6 Å². The number of hydrogen-bond acceptors (Lipinski definition) is 4. The number of ether oxygens (including phenoxy) is 1. The Bertz CT molecular complexity index is 370. The molecule has 0 unspecified atom stereocenters. The molecule has 0 bridgehead atoms. The molecule has 2 heterocycles. The van der Waals surface area contributed by atoms with E-state index in [4.69, 9.17) is 9.15 Å². The van der Waals surface area contributed by atoms with Crippen molar-refractivity contribution < 1.29 is 18.7 Å². The first-order valence-electron chi connectivity index (χ1n) is 4.94. The number of hydrogen-bond donors (Lipinski definition) is 2. The quantitative estimate of drug-likeness (QED) is 0.724. The van der Waals surface area contributed by atoms with E-state index in [0.717, 1.165) is 0 Å². The zero-order chi connectivity index (χ0) is 11.4. The summed E-state index contributed by atoms with van der Waals surface area (Å²) in [5, 5.41) is 5.16. The number of nitrogens with one attached hydrogen (secondary N) is 2. The second-order valence-corrected chi connectivity index (χ2v) is 3.46. The summed E-state index contributed by atoms with van der Waals surface area (Å²) in [6.07, 6.45) is 1.40. The molecular weight excluding hydrogens is 212 g/mol. The van der Waals surface area contributed by atoms with E-state index in [1.807, 2.05) is 0 Å². The molecule has 1 aromatic heterocycles. The minimum Gasteiger partial charge on any atom is -0.459 e. The summed E-state index contributed by atoms with van der Waals surface area (Å²) in [6, 6.07) is 3.22. The molecule has 0 atom stereocenters. The Hall–Kier alpha value is -1.82. The van der Waals surface area contributed by atoms with Crippen LogP contribution >= 0.6 is 0 Å². The largest absolute Gasteiger partial charge is 0.459 e. The van der Waals surface area contributed by atoms with E-state index in [9.17, 15) is 9.59 Å². The van der Waals surface area contributed by atoms with Crippen LogP contribution < -0.4 is 10.6 Å². The van der Waals surface area contributed by atoms with Crippen LogP contribution in [0.4, 0.5) is 0 Å². The highest BCUT2D eigenvalue weighted by Crippen LogP contribution is 2.00. The Kier molecular flexibility index (Phi) is 3.21. The third-order valence-corrected chi connectivity index (χ3v) is 2.16. The van der Waals surface area contributed by atoms with E-state index in [-0.39, 0.29) is 24.3 Å². The zero-order valence-corrected chi connectivity index (χ0v) is 8.56. The predicted molar refractivity (Wildman–Crippen MR) is 53.8 cm³/mol. The van der Waals surface area contributed by atoms with Gasteiger partial charge in [-0.25, -0.2) is 0 Å². The van der Waals surface area contributed by atoms with Gasteiger partial charge < -0.3 is 19.8 Å². The van der Waals surface area contributed by atoms with Crippen molar-refractivity contribution in [3.8, 4) is 0 Å². The van der Waals surface area contributed by atoms with E-state index in [2.05, 4.69) is 10.6 Å². The molecule has 0 aliphatic carbocycles. The molecule has 0 aromatic carbocycles. The molecule has 2 amide bonds. The van der Waals surface area contributed by atoms with Crippen LogP contribution in [0.3, 0.4) is 0 Å². The van der Waals surface area contributed by atoms with Crippen LogP contribution in [0, 0.1) is 0 Å². The molecule has 2 N–H and O–H groups in total. The van der Waals surface area contributed by atoms with Crippen LogP contribution in [-0.4, -0.2) is 37.6 Å². The molecule has 1 fully saturated rings. The molecule has 1 saturated heterocycles. The van der Waals surface area contributed by atoms with Crippen LogP contribution in [0.15, 0.2) is 22.8 Å². The maximum absolute atomic E-state index is 11.4. The lowest BCUT2D eigenvalue weighted by atomic mass is 10.2. The van der Waals surface area contributed by atoms with Gasteiger partial charge in [-0.15, -0.1) is 0 Å². The van der Waals surface area contributed by atoms with Crippen molar-refractivity contribution in [2.45, 2.75) is 6.04 Å². The highest BCUT2D eigenvalue weighted by molar-refractivity contribution is 5.94. The predicted octanol–water partition coefficient (Wildman–Crippen LogP) is -0.476. The van der Waals surface area contributed by atoms with Crippen molar-refractivity contribution in [1.82, 2.24) is 10.6 Å². The number of rotatable bonds is 4. The Labute approximate surface area is 91.9 Å². The SMILES string of the molecule is O=C(CNC(=O)c1ccco1)NC1COC1. The third-order valence-electron chi connectivity index (χ3n) is 2.16. The fourth-order valence-corrected chi connectivity index (χ4v) is 1.25. The molecule has 0 saturated carbocycles. The maximum atomic E-state index is 11.4. The van der Waals surface area contributed by atoms with Crippen LogP contribution in [0.25, 0.3) is 0 Å². The first-order valence-corrected chi connectivity index (χ1v) is 4.94. The lowest BCUT2D eigenvalue weighted by Crippen LogP contribution is -2.51. The molecule has 6 nitrogen and oxygen atoms in total. The summed E-state index contributed by atoms with van der Waals surface area (Å²) in [7, 11) is 0. The third kappa shape index (κ3) is 2.60. The fraction of sp³-hybridized carbons (Fsp3) is 0.400. The van der Waals surface area contributed by atoms with Gasteiger partial charge in [-0.05, 0) is 12.1 Å². The standard InChI is InChI=1S/C10H12N2O4/c13-9(12-7-5-15-6-7)4-11-10(14)8-2-1-3-16-8/h1-3,7H,4-6H2,(H,11,14)(H,12,13). The van der Waals surface area contributed by atoms with Gasteiger partial charge in [-0.2, -0.15) is 0 Å². The van der Waals surface area contributed by atoms with Crippen molar-refractivity contribution in [3.63, 3.8) is 0 Å². The van der Waals surface area contributed by atoms with E-state index in [1.165, 1.54) is 12.3 Å². The monoisotopic (exact) mass is 224 g/mol. The first-order chi connectivity index (χ1) is 7.75. The second-order valence-electron chi connectivity index (χ2n) is 3.46. The maximum Gasteiger partial charge on any atom is 0.287 e. The number of amides is 2. The van der Waals surface area contributed by atoms with Crippen LogP contribution in [0.5, 0.6) is 0 Å². The van der Waals surface area contributed by atoms with Crippen molar-refractivity contribution in [2.24, 2.45) is 0 Å². The van der Waals surface area contributed by atoms with Gasteiger partial charge in [0.25, 0.3) is 5.91 Å². The van der Waals surface area contributed by atoms with Crippen molar-refractivity contribution >= 4 is 11.8 Å². The van der Waals surface area contributed by atoms with Gasteiger partial charge in [-0.3, -0.25) is 9.59 Å². The highest BCUT2D eigenvalue weighted by Gasteiger charge is 2.20. The van der Waals surface area contributed by atoms with Crippen LogP contribution in [-0.2, 0) is 9.53 Å². The second kappa shape index (κ2) is 4.80. The molecule has 1 aliphatic heterocycles. The van der Waals surface area contributed by atoms with Crippen LogP contribution in [0.2, 0.25) is 0 Å². The van der Waals surface area contributed by atoms with E-state index in [0.29, 0.717) is 13.2 Å². The summed E-state index contributed by atoms with van der Waals surface area (Å²) in [6.45, 7) is 1.02. The Morgan fingerprint density at radius 1 is 1.44 bits per heavy atom. The lowest BCUT2D eigenvalue weighted by Gasteiger charge is -2.26. The topological polar surface area (TPSA) is 80.6 Å². The molecule has 1 aliphatic rings. The fourth-order valence-electron chi connectivity index (χ4n) is 1.25. The van der Waals surface area contributed by atoms with E-state index < -0.39 is 5.91 Å². The van der Waals surface area contributed by atoms with Crippen molar-refractivity contribution in [1.29, 1.82) is 0 Å². The highest BCUT2D eigenvalue weighted by atomic mass is 16.5. The van der Waals surface area contributed by atoms with Gasteiger partial charge in [0.15, 0.2) is 5.76 Å². The molecular formula is C10H12N2O4. The minimum atomic E-state index is -0.398. The summed E-state index contributed by atoms with van der Waals surface area (Å²) in [5.41, 5.74) is 0. The van der Waals surface area contributed by atoms with E-state index in [1.54, 1.807) is 6.07 Å².